The van der Waals surface area contributed by atoms with Crippen LogP contribution in [0.2, 0.25) is 5.02 Å². The van der Waals surface area contributed by atoms with Gasteiger partial charge in [-0.15, -0.1) is 0 Å². The van der Waals surface area contributed by atoms with Gasteiger partial charge in [-0.1, -0.05) is 54.1 Å². The molecule has 0 radical (unpaired) electrons. The molecular weight excluding hydrogens is 438 g/mol. The standard InChI is InChI=1S/C27H26ClNO4/c1-17-11-24-25(33-16-32-24)13-19(17)7-8-23-22-12-20(14-30)27(26(28)21(22)9-10-29-23)31-15-18-5-3-2-4-6-18/h2-8,11-13,23,29-30H,9-10,14-16H2,1H3/b8-7+. The van der Waals surface area contributed by atoms with Gasteiger partial charge in [-0.05, 0) is 59.4 Å². The topological polar surface area (TPSA) is 60.0 Å². The Bertz CT molecular complexity index is 1190. The first kappa shape index (κ1) is 21.8. The molecule has 33 heavy (non-hydrogen) atoms. The molecule has 2 aliphatic rings. The highest BCUT2D eigenvalue weighted by atomic mass is 35.5. The monoisotopic (exact) mass is 463 g/mol. The molecule has 6 heteroatoms. The van der Waals surface area contributed by atoms with E-state index in [0.717, 1.165) is 52.3 Å². The maximum atomic E-state index is 10.1. The van der Waals surface area contributed by atoms with Gasteiger partial charge in [-0.25, -0.2) is 0 Å². The summed E-state index contributed by atoms with van der Waals surface area (Å²) in [4.78, 5) is 0. The van der Waals surface area contributed by atoms with E-state index in [9.17, 15) is 5.11 Å². The van der Waals surface area contributed by atoms with Crippen molar-refractivity contribution in [2.75, 3.05) is 13.3 Å². The van der Waals surface area contributed by atoms with E-state index in [1.807, 2.05) is 48.5 Å². The number of aliphatic hydroxyl groups is 1. The zero-order valence-corrected chi connectivity index (χ0v) is 19.2. The van der Waals surface area contributed by atoms with Crippen LogP contribution in [0, 0.1) is 6.92 Å². The molecule has 170 valence electrons. The quantitative estimate of drug-likeness (QED) is 0.516. The van der Waals surface area contributed by atoms with E-state index in [-0.39, 0.29) is 19.4 Å². The molecule has 0 saturated carbocycles. The van der Waals surface area contributed by atoms with Crippen molar-refractivity contribution in [3.63, 3.8) is 0 Å². The number of nitrogens with one attached hydrogen (secondary N) is 1. The second kappa shape index (κ2) is 9.48. The Kier molecular flexibility index (Phi) is 6.27. The maximum absolute atomic E-state index is 10.1. The van der Waals surface area contributed by atoms with Gasteiger partial charge in [0.05, 0.1) is 17.7 Å². The summed E-state index contributed by atoms with van der Waals surface area (Å²) >= 11 is 6.83. The third kappa shape index (κ3) is 4.44. The predicted molar refractivity (Wildman–Crippen MR) is 129 cm³/mol. The third-order valence-electron chi connectivity index (χ3n) is 6.13. The van der Waals surface area contributed by atoms with Crippen molar-refractivity contribution in [1.29, 1.82) is 0 Å². The summed E-state index contributed by atoms with van der Waals surface area (Å²) in [5.41, 5.74) is 6.06. The molecule has 0 spiro atoms. The fourth-order valence-electron chi connectivity index (χ4n) is 4.35. The minimum Gasteiger partial charge on any atom is -0.487 e. The largest absolute Gasteiger partial charge is 0.487 e. The lowest BCUT2D eigenvalue weighted by molar-refractivity contribution is 0.174. The summed E-state index contributed by atoms with van der Waals surface area (Å²) in [5.74, 6) is 2.12. The summed E-state index contributed by atoms with van der Waals surface area (Å²) in [6.07, 6.45) is 5.02. The van der Waals surface area contributed by atoms with Crippen LogP contribution in [0.1, 0.15) is 39.4 Å². The third-order valence-corrected chi connectivity index (χ3v) is 6.53. The second-order valence-electron chi connectivity index (χ2n) is 8.28. The van der Waals surface area contributed by atoms with Gasteiger partial charge in [-0.2, -0.15) is 0 Å². The molecule has 0 aromatic heterocycles. The highest BCUT2D eigenvalue weighted by molar-refractivity contribution is 6.33. The van der Waals surface area contributed by atoms with Crippen LogP contribution in [0.25, 0.3) is 6.08 Å². The molecule has 1 unspecified atom stereocenters. The lowest BCUT2D eigenvalue weighted by Gasteiger charge is -2.28. The van der Waals surface area contributed by atoms with E-state index in [4.69, 9.17) is 25.8 Å². The zero-order chi connectivity index (χ0) is 22.8. The van der Waals surface area contributed by atoms with Crippen molar-refractivity contribution in [1.82, 2.24) is 5.32 Å². The molecular formula is C27H26ClNO4. The summed E-state index contributed by atoms with van der Waals surface area (Å²) in [6.45, 7) is 3.38. The first-order chi connectivity index (χ1) is 16.1. The van der Waals surface area contributed by atoms with Gasteiger partial charge in [0, 0.05) is 12.1 Å². The number of fused-ring (bicyclic) bond motifs is 2. The highest BCUT2D eigenvalue weighted by Gasteiger charge is 2.25. The molecule has 5 nitrogen and oxygen atoms in total. The van der Waals surface area contributed by atoms with Gasteiger partial charge in [0.15, 0.2) is 11.5 Å². The van der Waals surface area contributed by atoms with Crippen molar-refractivity contribution in [2.24, 2.45) is 0 Å². The minimum absolute atomic E-state index is 0.0236. The first-order valence-corrected chi connectivity index (χ1v) is 11.5. The van der Waals surface area contributed by atoms with Gasteiger partial charge in [-0.3, -0.25) is 0 Å². The van der Waals surface area contributed by atoms with E-state index < -0.39 is 0 Å². The van der Waals surface area contributed by atoms with Crippen LogP contribution < -0.4 is 19.5 Å². The summed E-state index contributed by atoms with van der Waals surface area (Å²) in [6, 6.07) is 15.9. The Balaban J connectivity index is 1.43. The van der Waals surface area contributed by atoms with E-state index >= 15 is 0 Å². The van der Waals surface area contributed by atoms with Crippen LogP contribution in [0.4, 0.5) is 0 Å². The van der Waals surface area contributed by atoms with Crippen LogP contribution in [0.15, 0.2) is 54.6 Å². The summed E-state index contributed by atoms with van der Waals surface area (Å²) < 4.78 is 17.1. The summed E-state index contributed by atoms with van der Waals surface area (Å²) in [7, 11) is 0. The molecule has 2 heterocycles. The number of rotatable bonds is 6. The Morgan fingerprint density at radius 3 is 2.73 bits per heavy atom. The highest BCUT2D eigenvalue weighted by Crippen LogP contribution is 2.40. The van der Waals surface area contributed by atoms with Crippen LogP contribution in [-0.4, -0.2) is 18.4 Å². The fraction of sp³-hybridized carbons (Fsp3) is 0.259. The number of halogens is 1. The Morgan fingerprint density at radius 1 is 1.15 bits per heavy atom. The molecule has 5 rings (SSSR count). The molecule has 1 atom stereocenters. The first-order valence-electron chi connectivity index (χ1n) is 11.1. The van der Waals surface area contributed by atoms with Gasteiger partial charge in [0.1, 0.15) is 12.4 Å². The Labute approximate surface area is 198 Å². The van der Waals surface area contributed by atoms with E-state index in [2.05, 4.69) is 24.4 Å². The molecule has 0 saturated heterocycles. The average Bonchev–Trinajstić information content (AvgIpc) is 3.29. The molecule has 3 aromatic carbocycles. The van der Waals surface area contributed by atoms with Crippen molar-refractivity contribution in [3.8, 4) is 17.2 Å². The molecule has 2 N–H and O–H groups in total. The van der Waals surface area contributed by atoms with Gasteiger partial charge in [0.2, 0.25) is 6.79 Å². The lowest BCUT2D eigenvalue weighted by Crippen LogP contribution is -2.29. The molecule has 0 fully saturated rings. The van der Waals surface area contributed by atoms with Crippen molar-refractivity contribution >= 4 is 17.7 Å². The van der Waals surface area contributed by atoms with Crippen LogP contribution in [-0.2, 0) is 19.6 Å². The van der Waals surface area contributed by atoms with Gasteiger partial charge in [0.25, 0.3) is 0 Å². The number of aryl methyl sites for hydroxylation is 1. The average molecular weight is 464 g/mol. The van der Waals surface area contributed by atoms with Crippen LogP contribution >= 0.6 is 11.6 Å². The van der Waals surface area contributed by atoms with E-state index in [1.54, 1.807) is 0 Å². The maximum Gasteiger partial charge on any atom is 0.231 e. The SMILES string of the molecule is Cc1cc2c(cc1/C=C/C1NCCc3c1cc(CO)c(OCc1ccccc1)c3Cl)OCO2. The number of aliphatic hydroxyl groups excluding tert-OH is 1. The Morgan fingerprint density at radius 2 is 1.94 bits per heavy atom. The van der Waals surface area contributed by atoms with E-state index in [0.29, 0.717) is 22.9 Å². The smallest absolute Gasteiger partial charge is 0.231 e. The minimum atomic E-state index is -0.144. The zero-order valence-electron chi connectivity index (χ0n) is 18.4. The van der Waals surface area contributed by atoms with Crippen molar-refractivity contribution < 1.29 is 19.3 Å². The van der Waals surface area contributed by atoms with Gasteiger partial charge >= 0.3 is 0 Å². The number of ether oxygens (including phenoxy) is 3. The van der Waals surface area contributed by atoms with Crippen molar-refractivity contribution in [3.05, 3.63) is 93.0 Å². The molecule has 0 aliphatic carbocycles. The predicted octanol–water partition coefficient (Wildman–Crippen LogP) is 5.35. The lowest BCUT2D eigenvalue weighted by atomic mass is 9.91. The van der Waals surface area contributed by atoms with Crippen molar-refractivity contribution in [2.45, 2.75) is 32.6 Å². The normalized spacial score (nSPS) is 16.8. The Hall–Kier alpha value is -2.99. The second-order valence-corrected chi connectivity index (χ2v) is 8.66. The van der Waals surface area contributed by atoms with Crippen LogP contribution in [0.5, 0.6) is 17.2 Å². The summed E-state index contributed by atoms with van der Waals surface area (Å²) in [5, 5.41) is 14.2. The number of hydrogen-bond donors (Lipinski definition) is 2. The number of benzene rings is 3. The molecule has 0 bridgehead atoms. The van der Waals surface area contributed by atoms with E-state index in [1.165, 1.54) is 0 Å². The number of hydrogen-bond acceptors (Lipinski definition) is 5. The molecule has 3 aromatic rings. The fourth-order valence-corrected chi connectivity index (χ4v) is 4.73. The van der Waals surface area contributed by atoms with Crippen LogP contribution in [0.3, 0.4) is 0 Å². The van der Waals surface area contributed by atoms with Gasteiger partial charge < -0.3 is 24.6 Å². The molecule has 2 aliphatic heterocycles. The molecule has 0 amide bonds.